The van der Waals surface area contributed by atoms with Crippen molar-refractivity contribution >= 4 is 34.9 Å². The van der Waals surface area contributed by atoms with Gasteiger partial charge in [0.15, 0.2) is 11.5 Å². The number of benzene rings is 1. The summed E-state index contributed by atoms with van der Waals surface area (Å²) in [5.74, 6) is 0.915. The monoisotopic (exact) mass is 365 g/mol. The predicted molar refractivity (Wildman–Crippen MR) is 99.2 cm³/mol. The Balaban J connectivity index is 1.96. The number of carbonyl (C=O) groups is 1. The largest absolute Gasteiger partial charge is 0.491 e. The lowest BCUT2D eigenvalue weighted by atomic mass is 10.2. The highest BCUT2D eigenvalue weighted by molar-refractivity contribution is 7.09. The molecule has 2 aromatic rings. The normalized spacial score (nSPS) is 10.8. The van der Waals surface area contributed by atoms with Gasteiger partial charge in [-0.2, -0.15) is 0 Å². The number of methoxy groups -OCH3 is 1. The summed E-state index contributed by atoms with van der Waals surface area (Å²) in [6.45, 7) is 3.00. The van der Waals surface area contributed by atoms with E-state index in [0.29, 0.717) is 29.7 Å². The number of halogens is 1. The number of carbonyl (C=O) groups excluding carboxylic acids is 1. The molecule has 0 saturated heterocycles. The smallest absolute Gasteiger partial charge is 0.244 e. The lowest BCUT2D eigenvalue weighted by molar-refractivity contribution is -0.116. The number of hydrogen-bond acceptors (Lipinski definition) is 4. The summed E-state index contributed by atoms with van der Waals surface area (Å²) in [5, 5.41) is 5.33. The van der Waals surface area contributed by atoms with Crippen LogP contribution in [0, 0.1) is 0 Å². The second kappa shape index (κ2) is 9.35. The predicted octanol–water partition coefficient (Wildman–Crippen LogP) is 4.18. The molecular formula is C18H20ClNO3S. The number of thiophene rings is 1. The number of hydrogen-bond donors (Lipinski definition) is 1. The van der Waals surface area contributed by atoms with Crippen LogP contribution < -0.4 is 14.8 Å². The summed E-state index contributed by atoms with van der Waals surface area (Å²) in [6.07, 6.45) is 4.02. The highest BCUT2D eigenvalue weighted by Crippen LogP contribution is 2.36. The van der Waals surface area contributed by atoms with Crippen LogP contribution in [0.3, 0.4) is 0 Å². The molecule has 0 aliphatic rings. The maximum atomic E-state index is 11.9. The third-order valence-electron chi connectivity index (χ3n) is 3.21. The summed E-state index contributed by atoms with van der Waals surface area (Å²) >= 11 is 7.87. The molecule has 24 heavy (non-hydrogen) atoms. The fourth-order valence-corrected chi connectivity index (χ4v) is 3.15. The van der Waals surface area contributed by atoms with Crippen molar-refractivity contribution < 1.29 is 14.3 Å². The van der Waals surface area contributed by atoms with Gasteiger partial charge in [-0.15, -0.1) is 11.3 Å². The molecule has 0 spiro atoms. The molecule has 0 radical (unpaired) electrons. The molecule has 1 aromatic carbocycles. The van der Waals surface area contributed by atoms with E-state index in [4.69, 9.17) is 21.1 Å². The van der Waals surface area contributed by atoms with Gasteiger partial charge in [0.1, 0.15) is 0 Å². The van der Waals surface area contributed by atoms with Crippen LogP contribution in [-0.4, -0.2) is 26.2 Å². The molecule has 2 rings (SSSR count). The molecule has 0 aliphatic carbocycles. The van der Waals surface area contributed by atoms with E-state index in [2.05, 4.69) is 11.4 Å². The van der Waals surface area contributed by atoms with Gasteiger partial charge < -0.3 is 14.8 Å². The Bertz CT molecular complexity index is 699. The first-order valence-electron chi connectivity index (χ1n) is 7.62. The molecule has 0 bridgehead atoms. The first kappa shape index (κ1) is 18.4. The number of nitrogens with one attached hydrogen (secondary N) is 1. The van der Waals surface area contributed by atoms with Gasteiger partial charge >= 0.3 is 0 Å². The molecule has 0 aliphatic heterocycles. The second-order valence-corrected chi connectivity index (χ2v) is 6.36. The minimum atomic E-state index is -0.142. The quantitative estimate of drug-likeness (QED) is 0.714. The zero-order valence-corrected chi connectivity index (χ0v) is 15.2. The van der Waals surface area contributed by atoms with Crippen LogP contribution in [0.5, 0.6) is 11.5 Å². The standard InChI is InChI=1S/C18H20ClNO3S/c1-3-23-16-12-13(11-15(19)18(16)22-2)6-7-17(21)20-9-8-14-5-4-10-24-14/h4-7,10-12H,3,8-9H2,1-2H3,(H,20,21)/b7-6+. The molecule has 6 heteroatoms. The Hall–Kier alpha value is -1.98. The molecule has 4 nitrogen and oxygen atoms in total. The Morgan fingerprint density at radius 2 is 2.25 bits per heavy atom. The fraction of sp³-hybridized carbons (Fsp3) is 0.278. The van der Waals surface area contributed by atoms with Crippen LogP contribution in [0.25, 0.3) is 6.08 Å². The molecule has 1 aromatic heterocycles. The summed E-state index contributed by atoms with van der Waals surface area (Å²) in [6, 6.07) is 7.59. The average molecular weight is 366 g/mol. The highest BCUT2D eigenvalue weighted by Gasteiger charge is 2.10. The molecule has 128 valence electrons. The van der Waals surface area contributed by atoms with E-state index in [1.54, 1.807) is 36.7 Å². The lowest BCUT2D eigenvalue weighted by Crippen LogP contribution is -2.23. The zero-order valence-electron chi connectivity index (χ0n) is 13.7. The van der Waals surface area contributed by atoms with Gasteiger partial charge in [-0.3, -0.25) is 4.79 Å². The van der Waals surface area contributed by atoms with E-state index < -0.39 is 0 Å². The van der Waals surface area contributed by atoms with Crippen molar-refractivity contribution in [3.63, 3.8) is 0 Å². The molecule has 1 heterocycles. The number of rotatable bonds is 8. The van der Waals surface area contributed by atoms with Gasteiger partial charge in [-0.25, -0.2) is 0 Å². The van der Waals surface area contributed by atoms with Crippen molar-refractivity contribution in [2.75, 3.05) is 20.3 Å². The topological polar surface area (TPSA) is 47.6 Å². The maximum absolute atomic E-state index is 11.9. The second-order valence-electron chi connectivity index (χ2n) is 4.92. The molecule has 0 fully saturated rings. The van der Waals surface area contributed by atoms with Gasteiger partial charge in [-0.05, 0) is 48.6 Å². The summed E-state index contributed by atoms with van der Waals surface area (Å²) in [4.78, 5) is 13.1. The van der Waals surface area contributed by atoms with E-state index in [1.165, 1.54) is 11.0 Å². The van der Waals surface area contributed by atoms with Crippen molar-refractivity contribution in [1.29, 1.82) is 0 Å². The van der Waals surface area contributed by atoms with Crippen molar-refractivity contribution in [3.8, 4) is 11.5 Å². The van der Waals surface area contributed by atoms with Crippen molar-refractivity contribution in [1.82, 2.24) is 5.32 Å². The summed E-state index contributed by atoms with van der Waals surface area (Å²) in [5.41, 5.74) is 0.776. The fourth-order valence-electron chi connectivity index (χ4n) is 2.14. The van der Waals surface area contributed by atoms with Crippen LogP contribution in [-0.2, 0) is 11.2 Å². The van der Waals surface area contributed by atoms with E-state index in [-0.39, 0.29) is 5.91 Å². The van der Waals surface area contributed by atoms with Gasteiger partial charge in [-0.1, -0.05) is 17.7 Å². The van der Waals surface area contributed by atoms with E-state index in [1.807, 2.05) is 18.4 Å². The minimum Gasteiger partial charge on any atom is -0.491 e. The van der Waals surface area contributed by atoms with Crippen molar-refractivity contribution in [2.45, 2.75) is 13.3 Å². The van der Waals surface area contributed by atoms with E-state index in [9.17, 15) is 4.79 Å². The third kappa shape index (κ3) is 5.28. The zero-order chi connectivity index (χ0) is 17.4. The van der Waals surface area contributed by atoms with Gasteiger partial charge in [0.25, 0.3) is 0 Å². The SMILES string of the molecule is CCOc1cc(/C=C/C(=O)NCCc2cccs2)cc(Cl)c1OC. The number of amides is 1. The lowest BCUT2D eigenvalue weighted by Gasteiger charge is -2.11. The average Bonchev–Trinajstić information content (AvgIpc) is 3.06. The van der Waals surface area contributed by atoms with Gasteiger partial charge in [0.05, 0.1) is 18.7 Å². The van der Waals surface area contributed by atoms with Gasteiger partial charge in [0.2, 0.25) is 5.91 Å². The Morgan fingerprint density at radius 1 is 1.42 bits per heavy atom. The highest BCUT2D eigenvalue weighted by atomic mass is 35.5. The Labute approximate surface area is 151 Å². The van der Waals surface area contributed by atoms with E-state index in [0.717, 1.165) is 12.0 Å². The van der Waals surface area contributed by atoms with Crippen LogP contribution in [0.15, 0.2) is 35.7 Å². The summed E-state index contributed by atoms with van der Waals surface area (Å²) in [7, 11) is 1.54. The molecule has 0 saturated carbocycles. The third-order valence-corrected chi connectivity index (χ3v) is 4.43. The van der Waals surface area contributed by atoms with Crippen LogP contribution in [0.4, 0.5) is 0 Å². The molecule has 0 atom stereocenters. The molecular weight excluding hydrogens is 346 g/mol. The van der Waals surface area contributed by atoms with Crippen molar-refractivity contribution in [3.05, 3.63) is 51.2 Å². The first-order valence-corrected chi connectivity index (χ1v) is 8.88. The van der Waals surface area contributed by atoms with Crippen LogP contribution >= 0.6 is 22.9 Å². The first-order chi connectivity index (χ1) is 11.6. The summed E-state index contributed by atoms with van der Waals surface area (Å²) < 4.78 is 10.8. The molecule has 0 unspecified atom stereocenters. The Morgan fingerprint density at radius 3 is 2.92 bits per heavy atom. The van der Waals surface area contributed by atoms with Crippen molar-refractivity contribution in [2.24, 2.45) is 0 Å². The van der Waals surface area contributed by atoms with Gasteiger partial charge in [0, 0.05) is 17.5 Å². The van der Waals surface area contributed by atoms with Crippen LogP contribution in [0.2, 0.25) is 5.02 Å². The molecule has 1 N–H and O–H groups in total. The Kier molecular flexibility index (Phi) is 7.15. The van der Waals surface area contributed by atoms with Crippen LogP contribution in [0.1, 0.15) is 17.4 Å². The molecule has 1 amide bonds. The maximum Gasteiger partial charge on any atom is 0.244 e. The minimum absolute atomic E-state index is 0.142. The number of ether oxygens (including phenoxy) is 2. The van der Waals surface area contributed by atoms with E-state index >= 15 is 0 Å².